The molecule has 21 heavy (non-hydrogen) atoms. The van der Waals surface area contributed by atoms with Gasteiger partial charge in [-0.1, -0.05) is 23.2 Å². The molecule has 1 heterocycles. The Hall–Kier alpha value is -1.37. The van der Waals surface area contributed by atoms with Crippen LogP contribution in [0.4, 0.5) is 5.69 Å². The molecule has 114 valence electrons. The maximum atomic E-state index is 12.6. The lowest BCUT2D eigenvalue weighted by molar-refractivity contribution is -0.384. The summed E-state index contributed by atoms with van der Waals surface area (Å²) in [6.07, 6.45) is 1.80. The molecule has 1 aliphatic rings. The predicted molar refractivity (Wildman–Crippen MR) is 81.1 cm³/mol. The average molecular weight is 332 g/mol. The molecule has 1 N–H and O–H groups in total. The zero-order valence-electron chi connectivity index (χ0n) is 11.4. The Morgan fingerprint density at radius 1 is 1.52 bits per heavy atom. The van der Waals surface area contributed by atoms with Crippen molar-refractivity contribution in [2.75, 3.05) is 20.1 Å². The topological polar surface area (TPSA) is 75.5 Å². The van der Waals surface area contributed by atoms with Crippen molar-refractivity contribution in [2.24, 2.45) is 0 Å². The first-order valence-electron chi connectivity index (χ1n) is 6.54. The fourth-order valence-electron chi connectivity index (χ4n) is 2.54. The number of likely N-dealkylation sites (N-methyl/N-ethyl adjacent to an activating group) is 1. The number of rotatable bonds is 4. The number of non-ortho nitro benzene ring substituents is 1. The van der Waals surface area contributed by atoms with Crippen molar-refractivity contribution >= 4 is 34.8 Å². The van der Waals surface area contributed by atoms with Crippen LogP contribution in [0, 0.1) is 10.1 Å². The van der Waals surface area contributed by atoms with Crippen LogP contribution in [0.25, 0.3) is 0 Å². The van der Waals surface area contributed by atoms with Gasteiger partial charge in [0.15, 0.2) is 0 Å². The second-order valence-corrected chi connectivity index (χ2v) is 5.68. The number of hydrogen-bond donors (Lipinski definition) is 1. The van der Waals surface area contributed by atoms with Crippen LogP contribution in [0.3, 0.4) is 0 Å². The van der Waals surface area contributed by atoms with Gasteiger partial charge < -0.3 is 10.2 Å². The Balaban J connectivity index is 2.36. The van der Waals surface area contributed by atoms with Crippen molar-refractivity contribution in [3.05, 3.63) is 37.9 Å². The number of nitrogens with one attached hydrogen (secondary N) is 1. The maximum absolute atomic E-state index is 12.6. The van der Waals surface area contributed by atoms with Gasteiger partial charge in [-0.05, 0) is 19.9 Å². The van der Waals surface area contributed by atoms with Crippen molar-refractivity contribution in [1.29, 1.82) is 0 Å². The smallest absolute Gasteiger partial charge is 0.271 e. The normalized spacial score (nSPS) is 18.0. The first kappa shape index (κ1) is 16.0. The van der Waals surface area contributed by atoms with Crippen molar-refractivity contribution in [2.45, 2.75) is 18.9 Å². The Kier molecular flexibility index (Phi) is 5.03. The number of amides is 1. The Bertz CT molecular complexity index is 580. The summed E-state index contributed by atoms with van der Waals surface area (Å²) in [4.78, 5) is 24.6. The monoisotopic (exact) mass is 331 g/mol. The molecule has 2 rings (SSSR count). The van der Waals surface area contributed by atoms with Crippen LogP contribution in [0.5, 0.6) is 0 Å². The van der Waals surface area contributed by atoms with Gasteiger partial charge in [0, 0.05) is 31.3 Å². The van der Waals surface area contributed by atoms with Gasteiger partial charge in [0.2, 0.25) is 0 Å². The molecule has 1 atom stereocenters. The lowest BCUT2D eigenvalue weighted by Gasteiger charge is -2.25. The van der Waals surface area contributed by atoms with E-state index < -0.39 is 4.92 Å². The van der Waals surface area contributed by atoms with Gasteiger partial charge in [0.1, 0.15) is 0 Å². The molecule has 1 saturated heterocycles. The van der Waals surface area contributed by atoms with Gasteiger partial charge in [-0.15, -0.1) is 0 Å². The molecule has 1 amide bonds. The van der Waals surface area contributed by atoms with Crippen LogP contribution in [0.15, 0.2) is 12.1 Å². The molecular formula is C13H15Cl2N3O3. The van der Waals surface area contributed by atoms with Crippen molar-refractivity contribution in [1.82, 2.24) is 10.2 Å². The summed E-state index contributed by atoms with van der Waals surface area (Å²) in [6.45, 7) is 1.29. The van der Waals surface area contributed by atoms with E-state index in [0.717, 1.165) is 18.9 Å². The summed E-state index contributed by atoms with van der Waals surface area (Å²) in [5, 5.41) is 14.0. The zero-order valence-corrected chi connectivity index (χ0v) is 12.9. The van der Waals surface area contributed by atoms with Gasteiger partial charge in [0.25, 0.3) is 11.6 Å². The second kappa shape index (κ2) is 6.60. The van der Waals surface area contributed by atoms with E-state index in [1.54, 1.807) is 4.90 Å². The fourth-order valence-corrected chi connectivity index (χ4v) is 2.94. The number of carbonyl (C=O) groups is 1. The minimum Gasteiger partial charge on any atom is -0.334 e. The molecule has 1 fully saturated rings. The molecule has 0 spiro atoms. The number of carbonyl (C=O) groups excluding carboxylic acids is 1. The summed E-state index contributed by atoms with van der Waals surface area (Å²) in [5.74, 6) is -0.316. The highest BCUT2D eigenvalue weighted by molar-refractivity contribution is 6.44. The van der Waals surface area contributed by atoms with E-state index in [1.165, 1.54) is 6.07 Å². The van der Waals surface area contributed by atoms with Gasteiger partial charge in [-0.25, -0.2) is 0 Å². The largest absolute Gasteiger partial charge is 0.334 e. The second-order valence-electron chi connectivity index (χ2n) is 4.90. The lowest BCUT2D eigenvalue weighted by Crippen LogP contribution is -2.41. The fraction of sp³-hybridized carbons (Fsp3) is 0.462. The van der Waals surface area contributed by atoms with Crippen LogP contribution in [-0.4, -0.2) is 41.9 Å². The van der Waals surface area contributed by atoms with E-state index in [0.29, 0.717) is 13.1 Å². The van der Waals surface area contributed by atoms with Crippen LogP contribution in [0.2, 0.25) is 10.0 Å². The van der Waals surface area contributed by atoms with Gasteiger partial charge in [0.05, 0.1) is 20.5 Å². The summed E-state index contributed by atoms with van der Waals surface area (Å²) >= 11 is 11.9. The molecule has 1 unspecified atom stereocenters. The third-order valence-corrected chi connectivity index (χ3v) is 4.33. The van der Waals surface area contributed by atoms with Gasteiger partial charge >= 0.3 is 0 Å². The van der Waals surface area contributed by atoms with E-state index in [4.69, 9.17) is 23.2 Å². The Labute approximate surface area is 132 Å². The van der Waals surface area contributed by atoms with Gasteiger partial charge in [-0.2, -0.15) is 0 Å². The first-order chi connectivity index (χ1) is 9.95. The first-order valence-corrected chi connectivity index (χ1v) is 7.30. The molecule has 0 saturated carbocycles. The van der Waals surface area contributed by atoms with Crippen LogP contribution in [0.1, 0.15) is 23.2 Å². The van der Waals surface area contributed by atoms with E-state index >= 15 is 0 Å². The lowest BCUT2D eigenvalue weighted by atomic mass is 10.1. The number of nitrogens with zero attached hydrogens (tertiary/aromatic N) is 2. The number of benzene rings is 1. The minimum absolute atomic E-state index is 0.0126. The predicted octanol–water partition coefficient (Wildman–Crippen LogP) is 2.73. The summed E-state index contributed by atoms with van der Waals surface area (Å²) in [6, 6.07) is 2.40. The minimum atomic E-state index is -0.589. The molecule has 0 aromatic heterocycles. The summed E-state index contributed by atoms with van der Waals surface area (Å²) in [7, 11) is 1.82. The molecule has 6 nitrogen and oxygen atoms in total. The zero-order chi connectivity index (χ0) is 15.6. The van der Waals surface area contributed by atoms with Crippen molar-refractivity contribution in [3.8, 4) is 0 Å². The molecule has 1 aromatic rings. The van der Waals surface area contributed by atoms with Crippen LogP contribution >= 0.6 is 23.2 Å². The molecule has 0 bridgehead atoms. The molecule has 1 aliphatic heterocycles. The van der Waals surface area contributed by atoms with Crippen molar-refractivity contribution < 1.29 is 9.72 Å². The van der Waals surface area contributed by atoms with E-state index in [9.17, 15) is 14.9 Å². The number of hydrogen-bond acceptors (Lipinski definition) is 4. The molecule has 1 aromatic carbocycles. The SMILES string of the molecule is CNCC1CCCN1C(=O)c1cc([N+](=O)[O-])cc(Cl)c1Cl. The van der Waals surface area contributed by atoms with Gasteiger partial charge in [-0.3, -0.25) is 14.9 Å². The highest BCUT2D eigenvalue weighted by atomic mass is 35.5. The molecule has 8 heteroatoms. The molecule has 0 radical (unpaired) electrons. The Morgan fingerprint density at radius 3 is 2.86 bits per heavy atom. The number of nitro benzene ring substituents is 1. The van der Waals surface area contributed by atoms with E-state index in [2.05, 4.69) is 5.32 Å². The highest BCUT2D eigenvalue weighted by Crippen LogP contribution is 2.33. The van der Waals surface area contributed by atoms with Crippen LogP contribution in [-0.2, 0) is 0 Å². The quantitative estimate of drug-likeness (QED) is 0.679. The number of likely N-dealkylation sites (tertiary alicyclic amines) is 1. The summed E-state index contributed by atoms with van der Waals surface area (Å²) < 4.78 is 0. The van der Waals surface area contributed by atoms with Crippen molar-refractivity contribution in [3.63, 3.8) is 0 Å². The Morgan fingerprint density at radius 2 is 2.24 bits per heavy atom. The van der Waals surface area contributed by atoms with E-state index in [-0.39, 0.29) is 33.2 Å². The summed E-state index contributed by atoms with van der Waals surface area (Å²) in [5.41, 5.74) is -0.156. The van der Waals surface area contributed by atoms with E-state index in [1.807, 2.05) is 7.05 Å². The highest BCUT2D eigenvalue weighted by Gasteiger charge is 2.31. The third kappa shape index (κ3) is 3.28. The maximum Gasteiger partial charge on any atom is 0.271 e. The van der Waals surface area contributed by atoms with Crippen LogP contribution < -0.4 is 5.32 Å². The molecular weight excluding hydrogens is 317 g/mol. The third-order valence-electron chi connectivity index (χ3n) is 3.53. The molecule has 0 aliphatic carbocycles. The average Bonchev–Trinajstić information content (AvgIpc) is 2.89. The standard InChI is InChI=1S/C13H15Cl2N3O3/c1-16-7-8-3-2-4-17(8)13(19)10-5-9(18(20)21)6-11(14)12(10)15/h5-6,8,16H,2-4,7H2,1H3. The number of nitro groups is 1. The number of halogens is 2.